The molecule has 6 heteroatoms. The number of nitrogens with two attached hydrogens (primary N) is 1. The van der Waals surface area contributed by atoms with Crippen molar-refractivity contribution in [2.24, 2.45) is 4.99 Å². The van der Waals surface area contributed by atoms with E-state index in [2.05, 4.69) is 43.0 Å². The van der Waals surface area contributed by atoms with E-state index in [0.29, 0.717) is 16.8 Å². The van der Waals surface area contributed by atoms with Crippen molar-refractivity contribution in [3.05, 3.63) is 111 Å². The van der Waals surface area contributed by atoms with E-state index in [4.69, 9.17) is 11.0 Å². The van der Waals surface area contributed by atoms with Crippen molar-refractivity contribution >= 4 is 17.6 Å². The van der Waals surface area contributed by atoms with Crippen molar-refractivity contribution in [3.63, 3.8) is 0 Å². The van der Waals surface area contributed by atoms with Gasteiger partial charge < -0.3 is 5.73 Å². The Balaban J connectivity index is 0.000000338. The number of aryl methyl sites for hydroxylation is 3. The maximum absolute atomic E-state index is 13.0. The molecule has 0 atom stereocenters. The van der Waals surface area contributed by atoms with Crippen LogP contribution < -0.4 is 11.3 Å². The molecule has 0 aliphatic rings. The smallest absolute Gasteiger partial charge is 0.280 e. The number of aromatic amines is 1. The topological polar surface area (TPSA) is 100.0 Å². The van der Waals surface area contributed by atoms with Gasteiger partial charge in [-0.05, 0) is 66.8 Å². The summed E-state index contributed by atoms with van der Waals surface area (Å²) in [5, 5.41) is 12.1. The Hall–Kier alpha value is -4.37. The van der Waals surface area contributed by atoms with Crippen LogP contribution in [0.2, 0.25) is 0 Å². The van der Waals surface area contributed by atoms with Gasteiger partial charge in [0.15, 0.2) is 0 Å². The Kier molecular flexibility index (Phi) is 9.41. The second-order valence-corrected chi connectivity index (χ2v) is 8.35. The molecule has 0 fully saturated rings. The molecule has 0 aliphatic carbocycles. The number of anilines is 1. The summed E-state index contributed by atoms with van der Waals surface area (Å²) in [5.41, 5.74) is 12.4. The van der Waals surface area contributed by atoms with Crippen LogP contribution in [0.5, 0.6) is 0 Å². The van der Waals surface area contributed by atoms with Crippen molar-refractivity contribution in [2.45, 2.75) is 46.5 Å². The third-order valence-electron chi connectivity index (χ3n) is 5.90. The van der Waals surface area contributed by atoms with Crippen molar-refractivity contribution in [2.75, 3.05) is 5.73 Å². The van der Waals surface area contributed by atoms with E-state index in [1.807, 2.05) is 42.5 Å². The number of nitriles is 1. The summed E-state index contributed by atoms with van der Waals surface area (Å²) in [6.45, 7) is 6.27. The highest BCUT2D eigenvalue weighted by Gasteiger charge is 2.13. The normalized spacial score (nSPS) is 10.6. The molecule has 1 heterocycles. The van der Waals surface area contributed by atoms with E-state index in [1.54, 1.807) is 30.5 Å². The molecule has 0 saturated carbocycles. The summed E-state index contributed by atoms with van der Waals surface area (Å²) >= 11 is 0. The number of nitrogen functional groups attached to an aromatic ring is 1. The summed E-state index contributed by atoms with van der Waals surface area (Å²) in [7, 11) is 0. The molecule has 184 valence electrons. The summed E-state index contributed by atoms with van der Waals surface area (Å²) in [6, 6.07) is 24.9. The molecule has 3 aromatic carbocycles. The minimum atomic E-state index is -0.138. The van der Waals surface area contributed by atoms with Crippen LogP contribution in [0, 0.1) is 11.3 Å². The molecule has 0 spiro atoms. The predicted molar refractivity (Wildman–Crippen MR) is 148 cm³/mol. The van der Waals surface area contributed by atoms with E-state index >= 15 is 0 Å². The third kappa shape index (κ3) is 6.39. The van der Waals surface area contributed by atoms with Gasteiger partial charge >= 0.3 is 0 Å². The molecule has 4 rings (SSSR count). The molecule has 0 aliphatic heterocycles. The molecule has 6 nitrogen and oxygen atoms in total. The fourth-order valence-electron chi connectivity index (χ4n) is 3.86. The van der Waals surface area contributed by atoms with E-state index in [0.717, 1.165) is 48.3 Å². The molecule has 0 saturated heterocycles. The van der Waals surface area contributed by atoms with Crippen LogP contribution in [-0.4, -0.2) is 16.0 Å². The van der Waals surface area contributed by atoms with Gasteiger partial charge in [-0.15, -0.1) is 0 Å². The number of hydrogen-bond donors (Lipinski definition) is 2. The highest BCUT2D eigenvalue weighted by molar-refractivity contribution is 5.83. The number of aliphatic imine (C=N–C) groups is 1. The van der Waals surface area contributed by atoms with Crippen molar-refractivity contribution in [1.82, 2.24) is 9.78 Å². The first-order chi connectivity index (χ1) is 17.5. The minimum absolute atomic E-state index is 0.138. The van der Waals surface area contributed by atoms with Crippen molar-refractivity contribution in [3.8, 4) is 11.8 Å². The van der Waals surface area contributed by atoms with Crippen LogP contribution in [0.15, 0.2) is 82.6 Å². The average molecular weight is 480 g/mol. The molecule has 4 aromatic rings. The summed E-state index contributed by atoms with van der Waals surface area (Å²) < 4.78 is 1.51. The monoisotopic (exact) mass is 479 g/mol. The highest BCUT2D eigenvalue weighted by Crippen LogP contribution is 2.19. The standard InChI is InChI=1S/C22H22N4O.C8H11N/c1-3-7-21-19(15-24-20-9-6-5-8-17(20)4-2)22(27)26(25-21)18-12-10-16(14-23)11-13-18;1-2-7-5-3-4-6-8(7)9/h5-6,8-13,15,25H,3-4,7H2,1-2H3;3-6H,2,9H2,1H3. The third-order valence-corrected chi connectivity index (χ3v) is 5.90. The quantitative estimate of drug-likeness (QED) is 0.246. The SMILES string of the molecule is CCCc1[nH]n(-c2ccc(C#N)cc2)c(=O)c1C=Nc1ccccc1CC.CCc1ccccc1N. The molecule has 0 bridgehead atoms. The predicted octanol–water partition coefficient (Wildman–Crippen LogP) is 6.13. The van der Waals surface area contributed by atoms with Crippen LogP contribution in [-0.2, 0) is 19.3 Å². The van der Waals surface area contributed by atoms with E-state index in [1.165, 1.54) is 10.2 Å². The van der Waals surface area contributed by atoms with E-state index in [9.17, 15) is 4.79 Å². The molecule has 0 unspecified atom stereocenters. The zero-order chi connectivity index (χ0) is 25.9. The lowest BCUT2D eigenvalue weighted by Gasteiger charge is -2.01. The van der Waals surface area contributed by atoms with Gasteiger partial charge in [-0.2, -0.15) is 5.26 Å². The van der Waals surface area contributed by atoms with Gasteiger partial charge in [-0.25, -0.2) is 4.68 Å². The molecule has 3 N–H and O–H groups in total. The lowest BCUT2D eigenvalue weighted by Crippen LogP contribution is -2.17. The first-order valence-electron chi connectivity index (χ1n) is 12.3. The summed E-state index contributed by atoms with van der Waals surface area (Å²) in [6.07, 6.45) is 5.25. The lowest BCUT2D eigenvalue weighted by atomic mass is 10.1. The van der Waals surface area contributed by atoms with Crippen molar-refractivity contribution in [1.29, 1.82) is 5.26 Å². The maximum Gasteiger partial charge on any atom is 0.280 e. The fourth-order valence-corrected chi connectivity index (χ4v) is 3.86. The van der Waals surface area contributed by atoms with E-state index < -0.39 is 0 Å². The first kappa shape index (κ1) is 26.2. The number of nitrogens with zero attached hydrogens (tertiary/aromatic N) is 3. The fraction of sp³-hybridized carbons (Fsp3) is 0.233. The van der Waals surface area contributed by atoms with Gasteiger partial charge in [-0.1, -0.05) is 63.6 Å². The van der Waals surface area contributed by atoms with Gasteiger partial charge in [0.1, 0.15) is 0 Å². The molecule has 0 amide bonds. The number of para-hydroxylation sites is 2. The Labute approximate surface area is 212 Å². The molecule has 0 radical (unpaired) electrons. The summed E-state index contributed by atoms with van der Waals surface area (Å²) in [4.78, 5) is 17.6. The first-order valence-corrected chi connectivity index (χ1v) is 12.3. The van der Waals surface area contributed by atoms with Crippen LogP contribution in [0.4, 0.5) is 11.4 Å². The van der Waals surface area contributed by atoms with Crippen LogP contribution in [0.3, 0.4) is 0 Å². The second kappa shape index (κ2) is 12.9. The number of H-pyrrole nitrogens is 1. The largest absolute Gasteiger partial charge is 0.399 e. The van der Waals surface area contributed by atoms with Gasteiger partial charge in [0.25, 0.3) is 5.56 Å². The second-order valence-electron chi connectivity index (χ2n) is 8.35. The molecule has 1 aromatic heterocycles. The van der Waals surface area contributed by atoms with Crippen LogP contribution >= 0.6 is 0 Å². The number of nitrogens with one attached hydrogen (secondary N) is 1. The minimum Gasteiger partial charge on any atom is -0.399 e. The van der Waals surface area contributed by atoms with Gasteiger partial charge in [0.2, 0.25) is 0 Å². The Bertz CT molecular complexity index is 1400. The Morgan fingerprint density at radius 1 is 0.944 bits per heavy atom. The average Bonchev–Trinajstić information content (AvgIpc) is 3.23. The zero-order valence-electron chi connectivity index (χ0n) is 21.2. The zero-order valence-corrected chi connectivity index (χ0v) is 21.2. The maximum atomic E-state index is 13.0. The number of rotatable bonds is 7. The number of benzene rings is 3. The van der Waals surface area contributed by atoms with Gasteiger partial charge in [0, 0.05) is 17.6 Å². The number of aromatic nitrogens is 2. The summed E-state index contributed by atoms with van der Waals surface area (Å²) in [5.74, 6) is 0. The molecular formula is C30H33N5O. The molecule has 36 heavy (non-hydrogen) atoms. The van der Waals surface area contributed by atoms with Crippen LogP contribution in [0.1, 0.15) is 55.1 Å². The van der Waals surface area contributed by atoms with Gasteiger partial charge in [0.05, 0.1) is 28.6 Å². The van der Waals surface area contributed by atoms with Crippen molar-refractivity contribution < 1.29 is 0 Å². The Morgan fingerprint density at radius 3 is 2.17 bits per heavy atom. The number of hydrogen-bond acceptors (Lipinski definition) is 4. The van der Waals surface area contributed by atoms with Crippen LogP contribution in [0.25, 0.3) is 5.69 Å². The lowest BCUT2D eigenvalue weighted by molar-refractivity contribution is 0.793. The van der Waals surface area contributed by atoms with Gasteiger partial charge in [-0.3, -0.25) is 14.9 Å². The highest BCUT2D eigenvalue weighted by atomic mass is 16.1. The Morgan fingerprint density at radius 2 is 1.58 bits per heavy atom. The van der Waals surface area contributed by atoms with E-state index in [-0.39, 0.29) is 5.56 Å². The molecular weight excluding hydrogens is 446 g/mol.